The molecule has 204 valence electrons. The molecular weight excluding hydrogens is 497 g/mol. The lowest BCUT2D eigenvalue weighted by Crippen LogP contribution is -2.45. The van der Waals surface area contributed by atoms with E-state index in [1.165, 1.54) is 6.92 Å². The van der Waals surface area contributed by atoms with Gasteiger partial charge in [0.2, 0.25) is 0 Å². The Morgan fingerprint density at radius 3 is 2.27 bits per heavy atom. The molecule has 9 nitrogen and oxygen atoms in total. The predicted molar refractivity (Wildman–Crippen MR) is 139 cm³/mol. The van der Waals surface area contributed by atoms with Crippen LogP contribution in [0, 0.1) is 5.92 Å². The van der Waals surface area contributed by atoms with Gasteiger partial charge in [-0.1, -0.05) is 75.2 Å². The van der Waals surface area contributed by atoms with E-state index in [2.05, 4.69) is 5.09 Å². The van der Waals surface area contributed by atoms with E-state index in [4.69, 9.17) is 18.5 Å². The normalized spacial score (nSPS) is 26.0. The van der Waals surface area contributed by atoms with Crippen LogP contribution in [0.4, 0.5) is 0 Å². The highest BCUT2D eigenvalue weighted by Crippen LogP contribution is 2.48. The van der Waals surface area contributed by atoms with E-state index in [-0.39, 0.29) is 24.9 Å². The number of rotatable bonds is 13. The number of carbonyl (C=O) groups excluding carboxylic acids is 1. The van der Waals surface area contributed by atoms with Crippen LogP contribution in [-0.2, 0) is 23.4 Å². The minimum atomic E-state index is -4.17. The Balaban J connectivity index is 1.73. The smallest absolute Gasteiger partial charge is 0.459 e. The first-order valence-corrected chi connectivity index (χ1v) is 14.2. The van der Waals surface area contributed by atoms with Gasteiger partial charge in [-0.05, 0) is 37.5 Å². The summed E-state index contributed by atoms with van der Waals surface area (Å²) < 4.78 is 36.7. The monoisotopic (exact) mass is 535 g/mol. The Bertz CT molecular complexity index is 1040. The zero-order chi connectivity index (χ0) is 27.1. The Morgan fingerprint density at radius 1 is 1.08 bits per heavy atom. The Hall–Kier alpha value is -2.26. The van der Waals surface area contributed by atoms with E-state index in [1.54, 1.807) is 61.5 Å². The van der Waals surface area contributed by atoms with Gasteiger partial charge >= 0.3 is 13.7 Å². The third-order valence-corrected chi connectivity index (χ3v) is 8.22. The van der Waals surface area contributed by atoms with Crippen molar-refractivity contribution in [2.24, 2.45) is 5.92 Å². The average Bonchev–Trinajstić information content (AvgIpc) is 3.13. The largest absolute Gasteiger partial charge is 0.464 e. The molecule has 1 aliphatic rings. The number of aliphatic hydroxyl groups is 2. The van der Waals surface area contributed by atoms with Crippen LogP contribution in [0.15, 0.2) is 60.7 Å². The van der Waals surface area contributed by atoms with E-state index in [0.29, 0.717) is 5.56 Å². The van der Waals surface area contributed by atoms with E-state index < -0.39 is 43.7 Å². The molecule has 0 spiro atoms. The summed E-state index contributed by atoms with van der Waals surface area (Å²) >= 11 is 0. The van der Waals surface area contributed by atoms with Crippen LogP contribution in [-0.4, -0.2) is 53.2 Å². The highest BCUT2D eigenvalue weighted by Gasteiger charge is 2.53. The summed E-state index contributed by atoms with van der Waals surface area (Å²) in [5.41, 5.74) is -0.718. The SMILES string of the molecule is CCC(CC)COC(=O)[C@H](C)NP(=O)(OCC1(C)OC(c2ccccc2)[C@H](O)[C@@H]1O)Oc1ccccc1. The minimum Gasteiger partial charge on any atom is -0.464 e. The highest BCUT2D eigenvalue weighted by molar-refractivity contribution is 7.52. The van der Waals surface area contributed by atoms with Crippen molar-refractivity contribution in [3.05, 3.63) is 66.2 Å². The van der Waals surface area contributed by atoms with Crippen molar-refractivity contribution in [2.45, 2.75) is 70.5 Å². The van der Waals surface area contributed by atoms with Crippen molar-refractivity contribution in [3.8, 4) is 5.75 Å². The molecular formula is C27H38NO8P. The van der Waals surface area contributed by atoms with Gasteiger partial charge in [-0.2, -0.15) is 5.09 Å². The van der Waals surface area contributed by atoms with Gasteiger partial charge in [0.25, 0.3) is 0 Å². The lowest BCUT2D eigenvalue weighted by Gasteiger charge is -2.30. The van der Waals surface area contributed by atoms with Crippen LogP contribution in [0.1, 0.15) is 52.2 Å². The van der Waals surface area contributed by atoms with Crippen LogP contribution in [0.5, 0.6) is 5.75 Å². The molecule has 3 N–H and O–H groups in total. The lowest BCUT2D eigenvalue weighted by molar-refractivity contribution is -0.146. The van der Waals surface area contributed by atoms with Crippen molar-refractivity contribution in [1.29, 1.82) is 0 Å². The molecule has 3 rings (SSSR count). The van der Waals surface area contributed by atoms with Gasteiger partial charge in [0.15, 0.2) is 0 Å². The number of carbonyl (C=O) groups is 1. The highest BCUT2D eigenvalue weighted by atomic mass is 31.2. The van der Waals surface area contributed by atoms with Gasteiger partial charge in [-0.15, -0.1) is 0 Å². The molecule has 37 heavy (non-hydrogen) atoms. The van der Waals surface area contributed by atoms with Gasteiger partial charge < -0.3 is 24.2 Å². The molecule has 2 aromatic carbocycles. The van der Waals surface area contributed by atoms with Gasteiger partial charge in [0.05, 0.1) is 13.2 Å². The summed E-state index contributed by atoms with van der Waals surface area (Å²) in [7, 11) is -4.17. The molecule has 0 amide bonds. The fourth-order valence-electron chi connectivity index (χ4n) is 4.05. The van der Waals surface area contributed by atoms with Crippen LogP contribution < -0.4 is 9.61 Å². The molecule has 1 fully saturated rings. The zero-order valence-electron chi connectivity index (χ0n) is 21.8. The maximum Gasteiger partial charge on any atom is 0.459 e. The molecule has 10 heteroatoms. The van der Waals surface area contributed by atoms with Gasteiger partial charge in [-0.3, -0.25) is 9.32 Å². The summed E-state index contributed by atoms with van der Waals surface area (Å²) in [5, 5.41) is 24.1. The number of nitrogens with one attached hydrogen (secondary N) is 1. The molecule has 0 radical (unpaired) electrons. The predicted octanol–water partition coefficient (Wildman–Crippen LogP) is 4.40. The molecule has 0 bridgehead atoms. The van der Waals surface area contributed by atoms with Gasteiger partial charge in [0, 0.05) is 0 Å². The Labute approximate surface area is 218 Å². The maximum absolute atomic E-state index is 13.8. The fraction of sp³-hybridized carbons (Fsp3) is 0.519. The van der Waals surface area contributed by atoms with Crippen molar-refractivity contribution < 1.29 is 38.1 Å². The van der Waals surface area contributed by atoms with Crippen LogP contribution >= 0.6 is 7.75 Å². The number of aliphatic hydroxyl groups excluding tert-OH is 2. The van der Waals surface area contributed by atoms with E-state index in [0.717, 1.165) is 12.8 Å². The molecule has 1 heterocycles. The first-order chi connectivity index (χ1) is 17.6. The lowest BCUT2D eigenvalue weighted by atomic mass is 9.95. The van der Waals surface area contributed by atoms with Crippen LogP contribution in [0.25, 0.3) is 0 Å². The zero-order valence-corrected chi connectivity index (χ0v) is 22.7. The summed E-state index contributed by atoms with van der Waals surface area (Å²) in [6.45, 7) is 7.00. The van der Waals surface area contributed by atoms with Crippen molar-refractivity contribution >= 4 is 13.7 Å². The van der Waals surface area contributed by atoms with Gasteiger partial charge in [-0.25, -0.2) is 4.57 Å². The number of benzene rings is 2. The van der Waals surface area contributed by atoms with E-state index in [9.17, 15) is 19.6 Å². The van der Waals surface area contributed by atoms with Crippen molar-refractivity contribution in [2.75, 3.05) is 13.2 Å². The maximum atomic E-state index is 13.8. The second-order valence-electron chi connectivity index (χ2n) is 9.54. The molecule has 2 aromatic rings. The Kier molecular flexibility index (Phi) is 10.3. The summed E-state index contributed by atoms with van der Waals surface area (Å²) in [6.07, 6.45) is -1.60. The standard InChI is InChI=1S/C27H38NO8P/c1-5-20(6-2)17-33-26(31)19(3)28-37(32,36-22-15-11-8-12-16-22)34-18-27(4)25(30)23(29)24(35-27)21-13-9-7-10-14-21/h7-16,19-20,23-25,29-30H,5-6,17-18H2,1-4H3,(H,28,32)/t19-,23-,24?,25-,27?,37?/m0/s1. The topological polar surface area (TPSA) is 124 Å². The second kappa shape index (κ2) is 13.0. The Morgan fingerprint density at radius 2 is 1.68 bits per heavy atom. The summed E-state index contributed by atoms with van der Waals surface area (Å²) in [5.74, 6) is -0.0869. The molecule has 1 aliphatic heterocycles. The molecule has 1 saturated heterocycles. The third kappa shape index (κ3) is 7.63. The molecule has 6 atom stereocenters. The fourth-order valence-corrected chi connectivity index (χ4v) is 5.63. The third-order valence-electron chi connectivity index (χ3n) is 6.59. The molecule has 0 aliphatic carbocycles. The summed E-state index contributed by atoms with van der Waals surface area (Å²) in [4.78, 5) is 12.6. The molecule has 0 saturated carbocycles. The van der Waals surface area contributed by atoms with Gasteiger partial charge in [0.1, 0.15) is 35.7 Å². The number of esters is 1. The number of hydrogen-bond donors (Lipinski definition) is 3. The number of hydrogen-bond acceptors (Lipinski definition) is 8. The van der Waals surface area contributed by atoms with Crippen molar-refractivity contribution in [1.82, 2.24) is 5.09 Å². The quantitative estimate of drug-likeness (QED) is 0.253. The van der Waals surface area contributed by atoms with Crippen LogP contribution in [0.3, 0.4) is 0 Å². The van der Waals surface area contributed by atoms with Crippen LogP contribution in [0.2, 0.25) is 0 Å². The minimum absolute atomic E-state index is 0.240. The summed E-state index contributed by atoms with van der Waals surface area (Å²) in [6, 6.07) is 16.4. The first kappa shape index (κ1) is 29.3. The average molecular weight is 536 g/mol. The molecule has 0 aromatic heterocycles. The number of para-hydroxylation sites is 1. The molecule has 3 unspecified atom stereocenters. The van der Waals surface area contributed by atoms with E-state index >= 15 is 0 Å². The van der Waals surface area contributed by atoms with E-state index in [1.807, 2.05) is 19.9 Å². The number of ether oxygens (including phenoxy) is 2. The van der Waals surface area contributed by atoms with Crippen molar-refractivity contribution in [3.63, 3.8) is 0 Å². The second-order valence-corrected chi connectivity index (χ2v) is 11.2. The first-order valence-electron chi connectivity index (χ1n) is 12.6.